The molecule has 0 aliphatic rings. The highest BCUT2D eigenvalue weighted by molar-refractivity contribution is 5.60. The van der Waals surface area contributed by atoms with Gasteiger partial charge in [0.25, 0.3) is 0 Å². The van der Waals surface area contributed by atoms with Gasteiger partial charge >= 0.3 is 0 Å². The second kappa shape index (κ2) is 8.00. The zero-order valence-corrected chi connectivity index (χ0v) is 12.8. The summed E-state index contributed by atoms with van der Waals surface area (Å²) in [6, 6.07) is 10.2. The first-order valence-electron chi connectivity index (χ1n) is 7.19. The van der Waals surface area contributed by atoms with Gasteiger partial charge in [0.05, 0.1) is 24.6 Å². The molecule has 0 aliphatic heterocycles. The van der Waals surface area contributed by atoms with Crippen molar-refractivity contribution in [2.24, 2.45) is 0 Å². The highest BCUT2D eigenvalue weighted by Gasteiger charge is 2.02. The van der Waals surface area contributed by atoms with E-state index in [-0.39, 0.29) is 0 Å². The number of hydrogen-bond acceptors (Lipinski definition) is 7. The van der Waals surface area contributed by atoms with E-state index in [1.165, 1.54) is 0 Å². The third kappa shape index (κ3) is 5.15. The maximum Gasteiger partial charge on any atom is 0.144 e. The molecule has 0 unspecified atom stereocenters. The quantitative estimate of drug-likeness (QED) is 0.428. The topological polar surface area (TPSA) is 132 Å². The number of ether oxygens (including phenoxy) is 3. The van der Waals surface area contributed by atoms with Crippen LogP contribution >= 0.6 is 0 Å². The van der Waals surface area contributed by atoms with Gasteiger partial charge in [-0.25, -0.2) is 0 Å². The highest BCUT2D eigenvalue weighted by Crippen LogP contribution is 2.24. The molecule has 0 saturated heterocycles. The van der Waals surface area contributed by atoms with E-state index >= 15 is 0 Å². The van der Waals surface area contributed by atoms with Crippen molar-refractivity contribution < 1.29 is 14.2 Å². The molecule has 0 fully saturated rings. The molecule has 7 nitrogen and oxygen atoms in total. The Morgan fingerprint density at radius 1 is 0.609 bits per heavy atom. The molecule has 0 aliphatic carbocycles. The Balaban J connectivity index is 1.63. The normalized spacial score (nSPS) is 10.4. The van der Waals surface area contributed by atoms with Crippen LogP contribution in [0.1, 0.15) is 0 Å². The SMILES string of the molecule is Nc1ccc(N)c(OCCOCCOc2cc(N)ccc2N)c1. The summed E-state index contributed by atoms with van der Waals surface area (Å²) < 4.78 is 16.4. The van der Waals surface area contributed by atoms with E-state index in [0.29, 0.717) is 60.7 Å². The predicted octanol–water partition coefficient (Wildman–Crippen LogP) is 1.49. The molecule has 0 heterocycles. The van der Waals surface area contributed by atoms with Crippen LogP contribution in [0, 0.1) is 0 Å². The summed E-state index contributed by atoms with van der Waals surface area (Å²) >= 11 is 0. The Labute approximate surface area is 135 Å². The van der Waals surface area contributed by atoms with Crippen LogP contribution < -0.4 is 32.4 Å². The standard InChI is InChI=1S/C16H22N4O3/c17-11-1-3-13(19)15(9-11)22-7-5-21-6-8-23-16-10-12(18)2-4-14(16)20/h1-4,9-10H,5-8,17-20H2. The van der Waals surface area contributed by atoms with E-state index in [1.807, 2.05) is 0 Å². The van der Waals surface area contributed by atoms with Crippen molar-refractivity contribution in [3.05, 3.63) is 36.4 Å². The monoisotopic (exact) mass is 318 g/mol. The Kier molecular flexibility index (Phi) is 5.76. The van der Waals surface area contributed by atoms with E-state index in [2.05, 4.69) is 0 Å². The number of anilines is 4. The zero-order valence-electron chi connectivity index (χ0n) is 12.8. The molecule has 0 aromatic heterocycles. The van der Waals surface area contributed by atoms with Gasteiger partial charge in [0.1, 0.15) is 24.7 Å². The van der Waals surface area contributed by atoms with Gasteiger partial charge in [0.2, 0.25) is 0 Å². The van der Waals surface area contributed by atoms with Crippen LogP contribution in [-0.4, -0.2) is 26.4 Å². The second-order valence-electron chi connectivity index (χ2n) is 4.90. The summed E-state index contributed by atoms with van der Waals surface area (Å²) in [4.78, 5) is 0. The largest absolute Gasteiger partial charge is 0.489 e. The molecule has 23 heavy (non-hydrogen) atoms. The summed E-state index contributed by atoms with van der Waals surface area (Å²) in [7, 11) is 0. The third-order valence-corrected chi connectivity index (χ3v) is 3.05. The van der Waals surface area contributed by atoms with Crippen LogP contribution in [0.5, 0.6) is 11.5 Å². The van der Waals surface area contributed by atoms with Gasteiger partial charge in [-0.2, -0.15) is 0 Å². The summed E-state index contributed by atoms with van der Waals surface area (Å²) in [5.41, 5.74) is 25.2. The van der Waals surface area contributed by atoms with Gasteiger partial charge < -0.3 is 37.1 Å². The van der Waals surface area contributed by atoms with Crippen LogP contribution in [0.3, 0.4) is 0 Å². The smallest absolute Gasteiger partial charge is 0.144 e. The van der Waals surface area contributed by atoms with E-state index in [1.54, 1.807) is 36.4 Å². The Bertz CT molecular complexity index is 594. The summed E-state index contributed by atoms with van der Waals surface area (Å²) in [6.07, 6.45) is 0. The fraction of sp³-hybridized carbons (Fsp3) is 0.250. The molecular formula is C16H22N4O3. The number of nitrogen functional groups attached to an aromatic ring is 4. The molecule has 0 atom stereocenters. The number of nitrogens with two attached hydrogens (primary N) is 4. The highest BCUT2D eigenvalue weighted by atomic mass is 16.5. The predicted molar refractivity (Wildman–Crippen MR) is 92.3 cm³/mol. The molecule has 2 aromatic rings. The van der Waals surface area contributed by atoms with Crippen molar-refractivity contribution in [3.8, 4) is 11.5 Å². The summed E-state index contributed by atoms with van der Waals surface area (Å²) in [5, 5.41) is 0. The molecule has 7 heteroatoms. The molecule has 0 saturated carbocycles. The lowest BCUT2D eigenvalue weighted by Gasteiger charge is -2.11. The van der Waals surface area contributed by atoms with Gasteiger partial charge in [0.15, 0.2) is 0 Å². The molecule has 0 bridgehead atoms. The molecular weight excluding hydrogens is 296 g/mol. The van der Waals surface area contributed by atoms with Crippen LogP contribution in [0.4, 0.5) is 22.7 Å². The molecule has 2 aromatic carbocycles. The van der Waals surface area contributed by atoms with E-state index in [4.69, 9.17) is 37.1 Å². The summed E-state index contributed by atoms with van der Waals surface area (Å²) in [6.45, 7) is 1.55. The Morgan fingerprint density at radius 3 is 1.48 bits per heavy atom. The van der Waals surface area contributed by atoms with Gasteiger partial charge in [-0.05, 0) is 24.3 Å². The maximum absolute atomic E-state index is 5.78. The zero-order chi connectivity index (χ0) is 16.7. The lowest BCUT2D eigenvalue weighted by molar-refractivity contribution is 0.0768. The molecule has 0 amide bonds. The van der Waals surface area contributed by atoms with Gasteiger partial charge in [-0.15, -0.1) is 0 Å². The molecule has 124 valence electrons. The van der Waals surface area contributed by atoms with E-state index in [0.717, 1.165) is 0 Å². The van der Waals surface area contributed by atoms with Crippen LogP contribution in [-0.2, 0) is 4.74 Å². The number of benzene rings is 2. The van der Waals surface area contributed by atoms with Crippen molar-refractivity contribution in [1.82, 2.24) is 0 Å². The van der Waals surface area contributed by atoms with Crippen LogP contribution in [0.15, 0.2) is 36.4 Å². The summed E-state index contributed by atoms with van der Waals surface area (Å²) in [5.74, 6) is 1.11. The molecule has 2 rings (SSSR count). The first kappa shape index (κ1) is 16.6. The third-order valence-electron chi connectivity index (χ3n) is 3.05. The minimum Gasteiger partial charge on any atom is -0.489 e. The first-order valence-corrected chi connectivity index (χ1v) is 7.19. The number of rotatable bonds is 8. The minimum atomic E-state index is 0.369. The molecule has 0 radical (unpaired) electrons. The lowest BCUT2D eigenvalue weighted by Crippen LogP contribution is -2.13. The number of hydrogen-bond donors (Lipinski definition) is 4. The van der Waals surface area contributed by atoms with Crippen molar-refractivity contribution in [2.75, 3.05) is 49.4 Å². The first-order chi connectivity index (χ1) is 11.1. The van der Waals surface area contributed by atoms with E-state index in [9.17, 15) is 0 Å². The average Bonchev–Trinajstić information content (AvgIpc) is 2.52. The second-order valence-corrected chi connectivity index (χ2v) is 4.90. The van der Waals surface area contributed by atoms with Gasteiger partial charge in [-0.3, -0.25) is 0 Å². The fourth-order valence-corrected chi connectivity index (χ4v) is 1.88. The average molecular weight is 318 g/mol. The molecule has 8 N–H and O–H groups in total. The Morgan fingerprint density at radius 2 is 1.04 bits per heavy atom. The maximum atomic E-state index is 5.78. The van der Waals surface area contributed by atoms with Gasteiger partial charge in [-0.1, -0.05) is 0 Å². The van der Waals surface area contributed by atoms with Crippen molar-refractivity contribution >= 4 is 22.7 Å². The fourth-order valence-electron chi connectivity index (χ4n) is 1.88. The van der Waals surface area contributed by atoms with E-state index < -0.39 is 0 Å². The van der Waals surface area contributed by atoms with Crippen LogP contribution in [0.25, 0.3) is 0 Å². The minimum absolute atomic E-state index is 0.369. The molecule has 0 spiro atoms. The van der Waals surface area contributed by atoms with Crippen molar-refractivity contribution in [3.63, 3.8) is 0 Å². The Hall–Kier alpha value is -2.80. The van der Waals surface area contributed by atoms with Gasteiger partial charge in [0, 0.05) is 23.5 Å². The van der Waals surface area contributed by atoms with Crippen molar-refractivity contribution in [2.45, 2.75) is 0 Å². The van der Waals surface area contributed by atoms with Crippen molar-refractivity contribution in [1.29, 1.82) is 0 Å². The van der Waals surface area contributed by atoms with Crippen LogP contribution in [0.2, 0.25) is 0 Å². The lowest BCUT2D eigenvalue weighted by atomic mass is 10.2.